The number of hydrogen-bond donors (Lipinski definition) is 4. The molecule has 10 heteroatoms. The van der Waals surface area contributed by atoms with Gasteiger partial charge < -0.3 is 26.0 Å². The Morgan fingerprint density at radius 2 is 1.86 bits per heavy atom. The first-order valence-electron chi connectivity index (χ1n) is 11.2. The zero-order chi connectivity index (χ0) is 25.2. The fraction of sp³-hybridized carbons (Fsp3) is 0.154. The topological polar surface area (TPSA) is 123 Å². The van der Waals surface area contributed by atoms with Crippen LogP contribution in [0.3, 0.4) is 0 Å². The molecule has 4 rings (SSSR count). The van der Waals surface area contributed by atoms with Gasteiger partial charge in [0.15, 0.2) is 0 Å². The van der Waals surface area contributed by atoms with Gasteiger partial charge in [-0.15, -0.1) is 16.3 Å². The highest BCUT2D eigenvalue weighted by molar-refractivity contribution is 7.12. The van der Waals surface area contributed by atoms with E-state index in [1.165, 1.54) is 11.3 Å². The van der Waals surface area contributed by atoms with Gasteiger partial charge in [0, 0.05) is 43.2 Å². The number of thiophene rings is 1. The number of ether oxygens (including phenoxy) is 1. The van der Waals surface area contributed by atoms with E-state index in [0.29, 0.717) is 36.2 Å². The zero-order valence-electron chi connectivity index (χ0n) is 19.6. The Hall–Kier alpha value is -4.46. The third kappa shape index (κ3) is 6.35. The standard InChI is InChI=1S/C26H25N7O2S/c1-35-14-13-29-26(31-17-27)33-20-8-6-19(7-9-20)32-25(34)24-23(11-15-36-24)30-16-18-10-12-28-22-5-3-2-4-21(18)22/h2-12,15,30H,13-14,16H2,1H3,(H,32,34)(H2,29,31,33). The van der Waals surface area contributed by atoms with E-state index >= 15 is 0 Å². The van der Waals surface area contributed by atoms with Crippen LogP contribution in [0, 0.1) is 11.5 Å². The fourth-order valence-electron chi connectivity index (χ4n) is 3.52. The van der Waals surface area contributed by atoms with Crippen LogP contribution >= 0.6 is 11.3 Å². The first-order valence-corrected chi connectivity index (χ1v) is 12.1. The molecule has 0 fully saturated rings. The monoisotopic (exact) mass is 499 g/mol. The molecule has 0 atom stereocenters. The highest BCUT2D eigenvalue weighted by atomic mass is 32.1. The molecule has 2 aromatic carbocycles. The summed E-state index contributed by atoms with van der Waals surface area (Å²) in [7, 11) is 1.60. The lowest BCUT2D eigenvalue weighted by Crippen LogP contribution is -2.33. The summed E-state index contributed by atoms with van der Waals surface area (Å²) in [5.41, 5.74) is 4.19. The number of fused-ring (bicyclic) bond motifs is 1. The molecule has 9 nitrogen and oxygen atoms in total. The number of rotatable bonds is 9. The zero-order valence-corrected chi connectivity index (χ0v) is 20.4. The molecule has 0 bridgehead atoms. The molecule has 0 aliphatic rings. The number of amides is 1. The second-order valence-electron chi connectivity index (χ2n) is 7.64. The highest BCUT2D eigenvalue weighted by Crippen LogP contribution is 2.26. The number of nitrogens with one attached hydrogen (secondary N) is 4. The highest BCUT2D eigenvalue weighted by Gasteiger charge is 2.14. The molecule has 4 N–H and O–H groups in total. The van der Waals surface area contributed by atoms with Gasteiger partial charge in [-0.25, -0.2) is 0 Å². The Morgan fingerprint density at radius 3 is 2.64 bits per heavy atom. The third-order valence-corrected chi connectivity index (χ3v) is 6.16. The van der Waals surface area contributed by atoms with E-state index in [4.69, 9.17) is 10.00 Å². The minimum atomic E-state index is -0.194. The van der Waals surface area contributed by atoms with Gasteiger partial charge >= 0.3 is 0 Å². The van der Waals surface area contributed by atoms with Crippen molar-refractivity contribution in [3.63, 3.8) is 0 Å². The summed E-state index contributed by atoms with van der Waals surface area (Å²) < 4.78 is 4.99. The molecule has 0 aliphatic carbocycles. The molecule has 182 valence electrons. The maximum absolute atomic E-state index is 13.0. The van der Waals surface area contributed by atoms with E-state index in [0.717, 1.165) is 27.8 Å². The van der Waals surface area contributed by atoms with Gasteiger partial charge in [-0.2, -0.15) is 5.26 Å². The van der Waals surface area contributed by atoms with E-state index in [1.807, 2.05) is 41.8 Å². The van der Waals surface area contributed by atoms with E-state index < -0.39 is 0 Å². The number of para-hydroxylation sites is 1. The maximum atomic E-state index is 13.0. The van der Waals surface area contributed by atoms with Crippen LogP contribution < -0.4 is 21.3 Å². The Labute approximate surface area is 212 Å². The molecule has 0 saturated carbocycles. The van der Waals surface area contributed by atoms with E-state index in [2.05, 4.69) is 31.2 Å². The van der Waals surface area contributed by atoms with Crippen LogP contribution in [0.4, 0.5) is 17.1 Å². The Balaban J connectivity index is 1.37. The molecule has 0 radical (unpaired) electrons. The van der Waals surface area contributed by atoms with Crippen molar-refractivity contribution in [3.05, 3.63) is 82.7 Å². The number of aliphatic imine (C=N–C) groups is 1. The van der Waals surface area contributed by atoms with Crippen molar-refractivity contribution in [2.45, 2.75) is 6.54 Å². The summed E-state index contributed by atoms with van der Waals surface area (Å²) in [4.78, 5) is 21.7. The average molecular weight is 500 g/mol. The number of nitriles is 1. The second-order valence-corrected chi connectivity index (χ2v) is 8.56. The molecule has 2 aromatic heterocycles. The molecule has 0 spiro atoms. The first-order chi connectivity index (χ1) is 17.7. The van der Waals surface area contributed by atoms with Crippen LogP contribution in [0.15, 0.2) is 77.2 Å². The number of methoxy groups -OCH3 is 1. The number of aromatic nitrogens is 1. The quantitative estimate of drug-likeness (QED) is 0.114. The van der Waals surface area contributed by atoms with Gasteiger partial charge in [0.2, 0.25) is 12.2 Å². The number of carbonyl (C=O) groups is 1. The molecule has 0 unspecified atom stereocenters. The van der Waals surface area contributed by atoms with Crippen molar-refractivity contribution in [2.75, 3.05) is 36.2 Å². The van der Waals surface area contributed by atoms with Crippen molar-refractivity contribution in [1.82, 2.24) is 10.3 Å². The number of pyridine rings is 1. The van der Waals surface area contributed by atoms with Crippen LogP contribution in [0.1, 0.15) is 15.2 Å². The minimum absolute atomic E-state index is 0.194. The predicted molar refractivity (Wildman–Crippen MR) is 144 cm³/mol. The van der Waals surface area contributed by atoms with Gasteiger partial charge in [-0.1, -0.05) is 18.2 Å². The minimum Gasteiger partial charge on any atom is -0.383 e. The summed E-state index contributed by atoms with van der Waals surface area (Å²) >= 11 is 1.38. The van der Waals surface area contributed by atoms with Crippen molar-refractivity contribution in [3.8, 4) is 6.19 Å². The summed E-state index contributed by atoms with van der Waals surface area (Å²) in [6.45, 7) is 1.56. The van der Waals surface area contributed by atoms with Crippen molar-refractivity contribution in [1.29, 1.82) is 5.26 Å². The fourth-order valence-corrected chi connectivity index (χ4v) is 4.28. The van der Waals surface area contributed by atoms with Gasteiger partial charge in [-0.3, -0.25) is 9.78 Å². The molecule has 1 amide bonds. The summed E-state index contributed by atoms with van der Waals surface area (Å²) in [5, 5.41) is 24.2. The SMILES string of the molecule is COCCN/C(=N\C#N)Nc1ccc(NC(=O)c2sccc2NCc2ccnc3ccccc23)cc1. The molecule has 2 heterocycles. The number of guanidine groups is 1. The molecular weight excluding hydrogens is 474 g/mol. The van der Waals surface area contributed by atoms with Crippen LogP contribution in [0.2, 0.25) is 0 Å². The average Bonchev–Trinajstić information content (AvgIpc) is 3.38. The molecule has 0 aliphatic heterocycles. The molecule has 4 aromatic rings. The maximum Gasteiger partial charge on any atom is 0.267 e. The van der Waals surface area contributed by atoms with Crippen LogP contribution in [-0.4, -0.2) is 37.1 Å². The largest absolute Gasteiger partial charge is 0.383 e. The van der Waals surface area contributed by atoms with Crippen molar-refractivity contribution < 1.29 is 9.53 Å². The number of nitrogens with zero attached hydrogens (tertiary/aromatic N) is 3. The van der Waals surface area contributed by atoms with E-state index in [-0.39, 0.29) is 5.91 Å². The van der Waals surface area contributed by atoms with Crippen molar-refractivity contribution >= 4 is 51.2 Å². The summed E-state index contributed by atoms with van der Waals surface area (Å²) in [6.07, 6.45) is 3.56. The van der Waals surface area contributed by atoms with Gasteiger partial charge in [0.1, 0.15) is 4.88 Å². The van der Waals surface area contributed by atoms with Crippen LogP contribution in [0.25, 0.3) is 10.9 Å². The van der Waals surface area contributed by atoms with E-state index in [9.17, 15) is 4.79 Å². The van der Waals surface area contributed by atoms with Crippen LogP contribution in [-0.2, 0) is 11.3 Å². The van der Waals surface area contributed by atoms with Crippen molar-refractivity contribution in [2.24, 2.45) is 4.99 Å². The molecule has 0 saturated heterocycles. The Kier molecular flexibility index (Phi) is 8.43. The second kappa shape index (κ2) is 12.3. The third-order valence-electron chi connectivity index (χ3n) is 5.25. The normalized spacial score (nSPS) is 11.1. The Bertz CT molecular complexity index is 1390. The molecule has 36 heavy (non-hydrogen) atoms. The van der Waals surface area contributed by atoms with Gasteiger partial charge in [-0.05, 0) is 53.4 Å². The smallest absolute Gasteiger partial charge is 0.267 e. The first kappa shape index (κ1) is 24.7. The summed E-state index contributed by atoms with van der Waals surface area (Å²) in [6, 6.07) is 19.0. The molecular formula is C26H25N7O2S. The number of anilines is 3. The van der Waals surface area contributed by atoms with Gasteiger partial charge in [0.25, 0.3) is 5.91 Å². The predicted octanol–water partition coefficient (Wildman–Crippen LogP) is 4.65. The van der Waals surface area contributed by atoms with Crippen LogP contribution in [0.5, 0.6) is 0 Å². The number of hydrogen-bond acceptors (Lipinski definition) is 7. The lowest BCUT2D eigenvalue weighted by Gasteiger charge is -2.12. The number of benzene rings is 2. The lowest BCUT2D eigenvalue weighted by atomic mass is 10.1. The summed E-state index contributed by atoms with van der Waals surface area (Å²) in [5.74, 6) is 0.128. The van der Waals surface area contributed by atoms with E-state index in [1.54, 1.807) is 43.8 Å². The lowest BCUT2D eigenvalue weighted by molar-refractivity contribution is 0.103. The van der Waals surface area contributed by atoms with Gasteiger partial charge in [0.05, 0.1) is 17.8 Å². The Morgan fingerprint density at radius 1 is 1.08 bits per heavy atom. The number of carbonyl (C=O) groups excluding carboxylic acids is 1.